The lowest BCUT2D eigenvalue weighted by Crippen LogP contribution is -2.30. The van der Waals surface area contributed by atoms with E-state index >= 15 is 0 Å². The number of nitrogens with zero attached hydrogens (tertiary/aromatic N) is 12. The van der Waals surface area contributed by atoms with Crippen LogP contribution in [-0.4, -0.2) is 162 Å². The van der Waals surface area contributed by atoms with E-state index in [2.05, 4.69) is 61.1 Å². The van der Waals surface area contributed by atoms with Crippen molar-refractivity contribution >= 4 is 69.4 Å². The zero-order valence-corrected chi connectivity index (χ0v) is 65.8. The summed E-state index contributed by atoms with van der Waals surface area (Å²) < 4.78 is 80.3. The van der Waals surface area contributed by atoms with Crippen LogP contribution in [0.25, 0.3) is 50.7 Å². The molecule has 14 aromatic rings. The van der Waals surface area contributed by atoms with Crippen molar-refractivity contribution in [3.8, 4) is 68.3 Å². The monoisotopic (exact) mass is 1610 g/mol. The van der Waals surface area contributed by atoms with Crippen molar-refractivity contribution in [2.24, 2.45) is 5.73 Å². The number of benzene rings is 8. The maximum Gasteiger partial charge on any atom is 0.416 e. The number of nitrogens with one attached hydrogen (secondary N) is 4. The van der Waals surface area contributed by atoms with Gasteiger partial charge in [-0.25, -0.2) is 13.5 Å². The number of likely N-dealkylation sites (tertiary alicyclic amines) is 3. The molecule has 3 saturated heterocycles. The van der Waals surface area contributed by atoms with Gasteiger partial charge in [-0.3, -0.25) is 24.3 Å². The molecule has 0 aliphatic carbocycles. The van der Waals surface area contributed by atoms with Crippen LogP contribution in [0.15, 0.2) is 255 Å². The average Bonchev–Trinajstić information content (AvgIpc) is 1.80. The minimum absolute atomic E-state index is 0.0752. The molecule has 119 heavy (non-hydrogen) atoms. The lowest BCUT2D eigenvalue weighted by Gasteiger charge is -2.15. The number of ether oxygens (including phenoxy) is 6. The smallest absolute Gasteiger partial charge is 0.416 e. The zero-order valence-electron chi connectivity index (χ0n) is 65.8. The molecule has 0 bridgehead atoms. The first-order valence-corrected chi connectivity index (χ1v) is 39.9. The zero-order chi connectivity index (χ0) is 81.7. The highest BCUT2D eigenvalue weighted by Crippen LogP contribution is 2.35. The fourth-order valence-corrected chi connectivity index (χ4v) is 14.2. The van der Waals surface area contributed by atoms with Crippen LogP contribution >= 0.6 is 0 Å². The third kappa shape index (κ3) is 22.1. The molecule has 6 N–H and O–H groups in total. The van der Waals surface area contributed by atoms with Crippen LogP contribution in [0.2, 0.25) is 0 Å². The van der Waals surface area contributed by atoms with Crippen molar-refractivity contribution < 1.29 is 51.2 Å². The highest BCUT2D eigenvalue weighted by Gasteiger charge is 2.33. The summed E-state index contributed by atoms with van der Waals surface area (Å²) in [5.74, 6) is 4.76. The van der Waals surface area contributed by atoms with Gasteiger partial charge in [0, 0.05) is 64.6 Å². The minimum Gasteiger partial charge on any atom is -0.492 e. The highest BCUT2D eigenvalue weighted by atomic mass is 19.4. The van der Waals surface area contributed by atoms with E-state index in [9.17, 15) is 22.8 Å². The molecule has 3 aliphatic rings. The van der Waals surface area contributed by atoms with E-state index in [0.29, 0.717) is 71.9 Å². The molecule has 610 valence electrons. The summed E-state index contributed by atoms with van der Waals surface area (Å²) >= 11 is 0. The number of para-hydroxylation sites is 1. The Hall–Kier alpha value is -13.6. The molecule has 1 unspecified atom stereocenters. The maximum absolute atomic E-state index is 13.4. The molecule has 1 atom stereocenters. The van der Waals surface area contributed by atoms with Crippen molar-refractivity contribution in [1.29, 1.82) is 0 Å². The van der Waals surface area contributed by atoms with E-state index in [1.165, 1.54) is 76.8 Å². The molecule has 25 nitrogen and oxygen atoms in total. The first-order valence-electron chi connectivity index (χ1n) is 39.9. The first kappa shape index (κ1) is 80.6. The normalized spacial score (nSPS) is 13.9. The number of amides is 2. The molecule has 0 radical (unpaired) electrons. The molecule has 28 heteroatoms. The number of primary amides is 1. The number of halogens is 3. The number of carbonyl (C=O) groups excluding carboxylic acids is 2. The second-order valence-electron chi connectivity index (χ2n) is 28.9. The second-order valence-corrected chi connectivity index (χ2v) is 28.9. The highest BCUT2D eigenvalue weighted by molar-refractivity contribution is 5.94. The van der Waals surface area contributed by atoms with Crippen molar-refractivity contribution in [1.82, 2.24) is 58.5 Å². The van der Waals surface area contributed by atoms with E-state index in [1.54, 1.807) is 50.8 Å². The third-order valence-corrected chi connectivity index (χ3v) is 20.2. The van der Waals surface area contributed by atoms with Gasteiger partial charge in [0.25, 0.3) is 11.8 Å². The summed E-state index contributed by atoms with van der Waals surface area (Å²) in [6, 6.07) is 77.6. The SMILES string of the molecule is CC(Oc1cccc(-c2cccc3nc(Nc4ccc(OCCN5CCCC5)cc4)nn23)c1)C(=O)Nc1ccccc1.FC(F)(F)c1ccccc1COc1cccc(-c2cccc3nc(Nc4ccc(OCCN5CCCC5)cc4)nn23)c1.NC(=O)COc1cccc(-c2cccc3nc(Nc4ccc(OCCN5CCCC5)cc4)nn23)c1. The summed E-state index contributed by atoms with van der Waals surface area (Å²) in [5, 5.41) is 26.7. The van der Waals surface area contributed by atoms with Crippen molar-refractivity contribution in [2.45, 2.75) is 64.3 Å². The third-order valence-electron chi connectivity index (χ3n) is 20.2. The van der Waals surface area contributed by atoms with Crippen molar-refractivity contribution in [3.05, 3.63) is 266 Å². The van der Waals surface area contributed by atoms with Crippen LogP contribution in [0.3, 0.4) is 0 Å². The number of rotatable bonds is 31. The van der Waals surface area contributed by atoms with E-state index < -0.39 is 23.8 Å². The number of alkyl halides is 3. The summed E-state index contributed by atoms with van der Waals surface area (Å²) in [5.41, 5.74) is 14.9. The Morgan fingerprint density at radius 1 is 0.403 bits per heavy atom. The van der Waals surface area contributed by atoms with Gasteiger partial charge in [-0.15, -0.1) is 15.3 Å². The largest absolute Gasteiger partial charge is 0.492 e. The van der Waals surface area contributed by atoms with Gasteiger partial charge in [0.15, 0.2) is 29.7 Å². The molecule has 0 spiro atoms. The number of anilines is 7. The summed E-state index contributed by atoms with van der Waals surface area (Å²) in [4.78, 5) is 44.8. The van der Waals surface area contributed by atoms with Gasteiger partial charge < -0.3 is 55.4 Å². The Bertz CT molecular complexity index is 5680. The summed E-state index contributed by atoms with van der Waals surface area (Å²) in [7, 11) is 0. The number of hydrogen-bond acceptors (Lipinski definition) is 20. The van der Waals surface area contributed by atoms with Crippen LogP contribution in [0.1, 0.15) is 56.6 Å². The van der Waals surface area contributed by atoms with Gasteiger partial charge in [-0.1, -0.05) is 91.0 Å². The van der Waals surface area contributed by atoms with Crippen molar-refractivity contribution in [3.63, 3.8) is 0 Å². The molecule has 2 amide bonds. The number of pyridine rings is 3. The van der Waals surface area contributed by atoms with Crippen LogP contribution in [0, 0.1) is 0 Å². The topological polar surface area (TPSA) is 264 Å². The molecule has 0 saturated carbocycles. The van der Waals surface area contributed by atoms with Gasteiger partial charge in [-0.05, 0) is 249 Å². The quantitative estimate of drug-likeness (QED) is 0.0270. The van der Waals surface area contributed by atoms with Gasteiger partial charge in [0.2, 0.25) is 17.8 Å². The predicted molar refractivity (Wildman–Crippen MR) is 454 cm³/mol. The Kier molecular flexibility index (Phi) is 26.4. The average molecular weight is 1610 g/mol. The number of hydrogen-bond donors (Lipinski definition) is 5. The van der Waals surface area contributed by atoms with Gasteiger partial charge >= 0.3 is 6.18 Å². The molecule has 3 aliphatic heterocycles. The van der Waals surface area contributed by atoms with E-state index in [1.807, 2.05) is 206 Å². The van der Waals surface area contributed by atoms with E-state index in [4.69, 9.17) is 39.3 Å². The number of aromatic nitrogens is 9. The second kappa shape index (κ2) is 38.9. The van der Waals surface area contributed by atoms with Crippen LogP contribution in [0.5, 0.6) is 34.5 Å². The molecule has 9 heterocycles. The molecule has 3 fully saturated rings. The Balaban J connectivity index is 0.000000140. The van der Waals surface area contributed by atoms with Gasteiger partial charge in [0.1, 0.15) is 60.9 Å². The molecule has 6 aromatic heterocycles. The molecular weight excluding hydrogens is 1520 g/mol. The minimum atomic E-state index is -4.45. The Labute approximate surface area is 686 Å². The molecular formula is C91H92F3N17O8. The summed E-state index contributed by atoms with van der Waals surface area (Å²) in [6.07, 6.45) is 2.56. The molecule has 17 rings (SSSR count). The van der Waals surface area contributed by atoms with Crippen LogP contribution in [0.4, 0.5) is 53.8 Å². The summed E-state index contributed by atoms with van der Waals surface area (Å²) in [6.45, 7) is 13.3. The number of fused-ring (bicyclic) bond motifs is 3. The van der Waals surface area contributed by atoms with E-state index in [0.717, 1.165) is 113 Å². The lowest BCUT2D eigenvalue weighted by molar-refractivity contribution is -0.138. The number of nitrogens with two attached hydrogens (primary N) is 1. The van der Waals surface area contributed by atoms with Gasteiger partial charge in [-0.2, -0.15) is 28.1 Å². The van der Waals surface area contributed by atoms with Crippen LogP contribution in [-0.2, 0) is 22.4 Å². The standard InChI is InChI=1S/C33H34N6O3.C32H30F3N5O2.C26H28N6O3/c1-24(32(40)34-26-10-3-2-4-11-26)42-29-12-7-9-25(23-29)30-13-8-14-31-36-33(37-39(30)31)35-27-15-17-28(18-16-27)41-22-21-38-19-5-6-20-38;33-32(34,35)28-10-2-1-7-24(28)22-42-27-9-5-8-23(21-27)29-11-6-12-30-37-31(38-40(29)30)36-25-13-15-26(16-14-25)41-20-19-39-17-3-4-18-39;27-24(33)18-35-22-6-3-5-19(17-22)23-7-4-8-25-29-26(30-32(23)25)28-20-9-11-21(12-10-20)34-16-15-31-13-1-2-14-31/h2-4,7-18,23-24H,5-6,19-22H2,1H3,(H,34,40)(H,35,37);1-2,5-16,21H,3-4,17-20,22H2,(H,36,38);3-12,17H,1-2,13-16,18H2,(H2,27,33)(H,28,30). The molecule has 8 aromatic carbocycles. The fourth-order valence-electron chi connectivity index (χ4n) is 14.2. The van der Waals surface area contributed by atoms with E-state index in [-0.39, 0.29) is 24.7 Å². The Morgan fingerprint density at radius 2 is 0.773 bits per heavy atom. The number of carbonyl (C=O) groups is 2. The predicted octanol–water partition coefficient (Wildman–Crippen LogP) is 16.7. The fraction of sp³-hybridized carbons (Fsp3) is 0.253. The van der Waals surface area contributed by atoms with Crippen molar-refractivity contribution in [2.75, 3.05) is 107 Å². The van der Waals surface area contributed by atoms with Gasteiger partial charge in [0.05, 0.1) is 22.6 Å². The first-order chi connectivity index (χ1) is 58.2. The lowest BCUT2D eigenvalue weighted by atomic mass is 10.1. The van der Waals surface area contributed by atoms with Crippen LogP contribution < -0.4 is 55.4 Å². The maximum atomic E-state index is 13.4. The Morgan fingerprint density at radius 3 is 1.18 bits per heavy atom.